The topological polar surface area (TPSA) is 64.6 Å². The fraction of sp³-hybridized carbons (Fsp3) is 0.176. The minimum Gasteiger partial charge on any atom is -0.469 e. The molecule has 2 aromatic rings. The van der Waals surface area contributed by atoms with Crippen LogP contribution in [0.1, 0.15) is 11.1 Å². The molecule has 5 heteroatoms. The van der Waals surface area contributed by atoms with Gasteiger partial charge < -0.3 is 9.47 Å². The number of benzene rings is 2. The molecule has 1 N–H and O–H groups in total. The fourth-order valence-electron chi connectivity index (χ4n) is 1.87. The molecular weight excluding hydrogens is 282 g/mol. The van der Waals surface area contributed by atoms with Gasteiger partial charge in [0.1, 0.15) is 6.61 Å². The number of amides is 1. The van der Waals surface area contributed by atoms with Crippen LogP contribution >= 0.6 is 0 Å². The van der Waals surface area contributed by atoms with Gasteiger partial charge in [-0.05, 0) is 23.3 Å². The van der Waals surface area contributed by atoms with Crippen molar-refractivity contribution in [3.8, 4) is 0 Å². The van der Waals surface area contributed by atoms with Gasteiger partial charge in [-0.3, -0.25) is 10.1 Å². The minimum atomic E-state index is -0.543. The van der Waals surface area contributed by atoms with Crippen molar-refractivity contribution in [2.45, 2.75) is 13.0 Å². The number of nitrogens with one attached hydrogen (secondary N) is 1. The van der Waals surface area contributed by atoms with Crippen LogP contribution in [0, 0.1) is 0 Å². The molecule has 0 fully saturated rings. The zero-order valence-electron chi connectivity index (χ0n) is 12.2. The van der Waals surface area contributed by atoms with Crippen molar-refractivity contribution < 1.29 is 19.1 Å². The number of ether oxygens (including phenoxy) is 2. The summed E-state index contributed by atoms with van der Waals surface area (Å²) in [5.41, 5.74) is 2.24. The molecule has 2 aromatic carbocycles. The maximum absolute atomic E-state index is 11.8. The van der Waals surface area contributed by atoms with E-state index in [1.807, 2.05) is 30.3 Å². The third-order valence-corrected chi connectivity index (χ3v) is 2.96. The molecule has 0 saturated heterocycles. The van der Waals surface area contributed by atoms with E-state index in [1.165, 1.54) is 7.11 Å². The smallest absolute Gasteiger partial charge is 0.411 e. The summed E-state index contributed by atoms with van der Waals surface area (Å²) in [6.07, 6.45) is -0.385. The molecule has 5 nitrogen and oxygen atoms in total. The third kappa shape index (κ3) is 4.94. The molecule has 1 amide bonds. The second kappa shape index (κ2) is 7.83. The average Bonchev–Trinajstić information content (AvgIpc) is 2.54. The summed E-state index contributed by atoms with van der Waals surface area (Å²) in [7, 11) is 1.34. The second-order valence-electron chi connectivity index (χ2n) is 4.64. The molecule has 22 heavy (non-hydrogen) atoms. The van der Waals surface area contributed by atoms with Crippen LogP contribution in [-0.4, -0.2) is 19.2 Å². The first-order valence-corrected chi connectivity index (χ1v) is 6.81. The van der Waals surface area contributed by atoms with Gasteiger partial charge in [0, 0.05) is 5.69 Å². The van der Waals surface area contributed by atoms with Gasteiger partial charge in [0.15, 0.2) is 0 Å². The molecule has 0 radical (unpaired) electrons. The Morgan fingerprint density at radius 1 is 1.00 bits per heavy atom. The molecule has 114 valence electrons. The normalized spacial score (nSPS) is 9.86. The summed E-state index contributed by atoms with van der Waals surface area (Å²) < 4.78 is 9.74. The van der Waals surface area contributed by atoms with E-state index in [-0.39, 0.29) is 19.0 Å². The van der Waals surface area contributed by atoms with E-state index in [0.29, 0.717) is 5.69 Å². The molecule has 0 aliphatic heterocycles. The molecule has 2 rings (SSSR count). The molecule has 0 atom stereocenters. The second-order valence-corrected chi connectivity index (χ2v) is 4.64. The van der Waals surface area contributed by atoms with E-state index in [4.69, 9.17) is 4.74 Å². The Hall–Kier alpha value is -2.82. The highest BCUT2D eigenvalue weighted by Crippen LogP contribution is 2.12. The van der Waals surface area contributed by atoms with Gasteiger partial charge in [-0.25, -0.2) is 4.79 Å². The van der Waals surface area contributed by atoms with Gasteiger partial charge in [-0.2, -0.15) is 0 Å². The molecule has 0 aliphatic carbocycles. The molecule has 0 saturated carbocycles. The number of hydrogen-bond donors (Lipinski definition) is 1. The van der Waals surface area contributed by atoms with Crippen LogP contribution in [0.5, 0.6) is 0 Å². The van der Waals surface area contributed by atoms with E-state index in [1.54, 1.807) is 24.3 Å². The summed E-state index contributed by atoms with van der Waals surface area (Å²) >= 11 is 0. The number of hydrogen-bond acceptors (Lipinski definition) is 4. The number of esters is 1. The van der Waals surface area contributed by atoms with Gasteiger partial charge in [0.2, 0.25) is 0 Å². The highest BCUT2D eigenvalue weighted by atomic mass is 16.5. The van der Waals surface area contributed by atoms with Crippen LogP contribution in [0.25, 0.3) is 0 Å². The van der Waals surface area contributed by atoms with Crippen molar-refractivity contribution in [1.82, 2.24) is 0 Å². The highest BCUT2D eigenvalue weighted by molar-refractivity contribution is 5.85. The Labute approximate surface area is 128 Å². The maximum atomic E-state index is 11.8. The van der Waals surface area contributed by atoms with Crippen LogP contribution in [-0.2, 0) is 27.3 Å². The predicted molar refractivity (Wildman–Crippen MR) is 82.4 cm³/mol. The van der Waals surface area contributed by atoms with Gasteiger partial charge in [0.25, 0.3) is 0 Å². The summed E-state index contributed by atoms with van der Waals surface area (Å²) in [6, 6.07) is 16.4. The fourth-order valence-corrected chi connectivity index (χ4v) is 1.87. The van der Waals surface area contributed by atoms with Crippen molar-refractivity contribution >= 4 is 17.7 Å². The van der Waals surface area contributed by atoms with Gasteiger partial charge in [-0.15, -0.1) is 0 Å². The first-order chi connectivity index (χ1) is 10.7. The molecule has 0 bridgehead atoms. The van der Waals surface area contributed by atoms with Crippen LogP contribution < -0.4 is 5.32 Å². The van der Waals surface area contributed by atoms with E-state index in [9.17, 15) is 9.59 Å². The lowest BCUT2D eigenvalue weighted by molar-refractivity contribution is -0.139. The predicted octanol–water partition coefficient (Wildman–Crippen LogP) is 3.15. The lowest BCUT2D eigenvalue weighted by Gasteiger charge is -2.08. The Kier molecular flexibility index (Phi) is 5.54. The van der Waals surface area contributed by atoms with Crippen molar-refractivity contribution in [2.75, 3.05) is 12.4 Å². The Balaban J connectivity index is 1.88. The lowest BCUT2D eigenvalue weighted by atomic mass is 10.1. The van der Waals surface area contributed by atoms with Crippen LogP contribution in [0.2, 0.25) is 0 Å². The maximum Gasteiger partial charge on any atom is 0.411 e. The highest BCUT2D eigenvalue weighted by Gasteiger charge is 2.06. The first kappa shape index (κ1) is 15.6. The number of methoxy groups -OCH3 is 1. The van der Waals surface area contributed by atoms with Crippen LogP contribution in [0.3, 0.4) is 0 Å². The van der Waals surface area contributed by atoms with E-state index in [0.717, 1.165) is 11.1 Å². The van der Waals surface area contributed by atoms with E-state index >= 15 is 0 Å². The summed E-state index contributed by atoms with van der Waals surface area (Å²) in [5, 5.41) is 2.63. The van der Waals surface area contributed by atoms with Crippen molar-refractivity contribution in [2.24, 2.45) is 0 Å². The molecule has 0 heterocycles. The standard InChI is InChI=1S/C17H17NO4/c1-21-16(19)11-14-8-5-9-15(10-14)18-17(20)22-12-13-6-3-2-4-7-13/h2-10H,11-12H2,1H3,(H,18,20). The zero-order valence-corrected chi connectivity index (χ0v) is 12.2. The first-order valence-electron chi connectivity index (χ1n) is 6.81. The SMILES string of the molecule is COC(=O)Cc1cccc(NC(=O)OCc2ccccc2)c1. The van der Waals surface area contributed by atoms with Crippen LogP contribution in [0.15, 0.2) is 54.6 Å². The minimum absolute atomic E-state index is 0.158. The molecular formula is C17H17NO4. The van der Waals surface area contributed by atoms with E-state index in [2.05, 4.69) is 10.1 Å². The number of carbonyl (C=O) groups is 2. The number of carbonyl (C=O) groups excluding carboxylic acids is 2. The van der Waals surface area contributed by atoms with Gasteiger partial charge in [-0.1, -0.05) is 42.5 Å². The van der Waals surface area contributed by atoms with Gasteiger partial charge >= 0.3 is 12.1 Å². The lowest BCUT2D eigenvalue weighted by Crippen LogP contribution is -2.14. The largest absolute Gasteiger partial charge is 0.469 e. The number of rotatable bonds is 5. The molecule has 0 aromatic heterocycles. The summed E-state index contributed by atoms with van der Waals surface area (Å²) in [4.78, 5) is 23.0. The summed E-state index contributed by atoms with van der Waals surface area (Å²) in [6.45, 7) is 0.203. The number of anilines is 1. The summed E-state index contributed by atoms with van der Waals surface area (Å²) in [5.74, 6) is -0.330. The zero-order chi connectivity index (χ0) is 15.8. The monoisotopic (exact) mass is 299 g/mol. The molecule has 0 aliphatic rings. The van der Waals surface area contributed by atoms with Crippen molar-refractivity contribution in [3.05, 3.63) is 65.7 Å². The molecule has 0 spiro atoms. The Bertz CT molecular complexity index is 640. The quantitative estimate of drug-likeness (QED) is 0.861. The average molecular weight is 299 g/mol. The molecule has 0 unspecified atom stereocenters. The Morgan fingerprint density at radius 2 is 1.73 bits per heavy atom. The van der Waals surface area contributed by atoms with Gasteiger partial charge in [0.05, 0.1) is 13.5 Å². The Morgan fingerprint density at radius 3 is 2.45 bits per heavy atom. The van der Waals surface area contributed by atoms with Crippen molar-refractivity contribution in [1.29, 1.82) is 0 Å². The van der Waals surface area contributed by atoms with E-state index < -0.39 is 6.09 Å². The van der Waals surface area contributed by atoms with Crippen LogP contribution in [0.4, 0.5) is 10.5 Å². The van der Waals surface area contributed by atoms with Crippen molar-refractivity contribution in [3.63, 3.8) is 0 Å². The third-order valence-electron chi connectivity index (χ3n) is 2.96.